The van der Waals surface area contributed by atoms with E-state index >= 15 is 0 Å². The molecule has 0 bridgehead atoms. The van der Waals surface area contributed by atoms with Gasteiger partial charge in [-0.15, -0.1) is 0 Å². The van der Waals surface area contributed by atoms with Crippen LogP contribution in [0.5, 0.6) is 0 Å². The lowest BCUT2D eigenvalue weighted by molar-refractivity contribution is -0.127. The maximum absolute atomic E-state index is 13.5. The van der Waals surface area contributed by atoms with Crippen LogP contribution in [0.3, 0.4) is 0 Å². The van der Waals surface area contributed by atoms with Gasteiger partial charge in [-0.2, -0.15) is 4.37 Å². The summed E-state index contributed by atoms with van der Waals surface area (Å²) in [6.07, 6.45) is 1.17. The quantitative estimate of drug-likeness (QED) is 0.591. The van der Waals surface area contributed by atoms with Crippen molar-refractivity contribution < 1.29 is 14.4 Å². The van der Waals surface area contributed by atoms with Crippen LogP contribution < -0.4 is 16.8 Å². The maximum Gasteiger partial charge on any atom is 0.270 e. The number of benzene rings is 1. The van der Waals surface area contributed by atoms with E-state index in [2.05, 4.69) is 9.69 Å². The summed E-state index contributed by atoms with van der Waals surface area (Å²) in [6, 6.07) is 8.68. The summed E-state index contributed by atoms with van der Waals surface area (Å²) in [7, 11) is 0. The maximum atomic E-state index is 13.5. The highest BCUT2D eigenvalue weighted by molar-refractivity contribution is 7.09. The van der Waals surface area contributed by atoms with Crippen LogP contribution in [0.2, 0.25) is 0 Å². The summed E-state index contributed by atoms with van der Waals surface area (Å²) in [5.74, 6) is -1.50. The van der Waals surface area contributed by atoms with Crippen LogP contribution in [0.1, 0.15) is 66.3 Å². The summed E-state index contributed by atoms with van der Waals surface area (Å²) in [5, 5.41) is 2.96. The number of nitrogens with one attached hydrogen (secondary N) is 1. The molecule has 1 aromatic heterocycles. The molecule has 0 unspecified atom stereocenters. The predicted octanol–water partition coefficient (Wildman–Crippen LogP) is 2.55. The summed E-state index contributed by atoms with van der Waals surface area (Å²) >= 11 is 0.813. The van der Waals surface area contributed by atoms with Crippen molar-refractivity contribution in [3.8, 4) is 0 Å². The molecule has 2 rings (SSSR count). The molecule has 8 nitrogen and oxygen atoms in total. The third-order valence-electron chi connectivity index (χ3n) is 4.35. The number of hydrogen-bond acceptors (Lipinski definition) is 6. The number of rotatable bonds is 8. The van der Waals surface area contributed by atoms with Gasteiger partial charge >= 0.3 is 0 Å². The summed E-state index contributed by atoms with van der Waals surface area (Å²) in [4.78, 5) is 39.7. The lowest BCUT2D eigenvalue weighted by atomic mass is 10.0. The Morgan fingerprint density at radius 2 is 1.83 bits per heavy atom. The third-order valence-corrected chi connectivity index (χ3v) is 5.20. The van der Waals surface area contributed by atoms with Gasteiger partial charge < -0.3 is 21.7 Å². The molecule has 1 aromatic carbocycles. The molecule has 0 aliphatic heterocycles. The van der Waals surface area contributed by atoms with Crippen molar-refractivity contribution in [1.82, 2.24) is 14.6 Å². The molecule has 0 spiro atoms. The highest BCUT2D eigenvalue weighted by Crippen LogP contribution is 2.26. The molecule has 5 N–H and O–H groups in total. The van der Waals surface area contributed by atoms with E-state index in [1.807, 2.05) is 58.0 Å². The van der Waals surface area contributed by atoms with Gasteiger partial charge in [-0.1, -0.05) is 43.7 Å². The Morgan fingerprint density at radius 3 is 2.33 bits per heavy atom. The Bertz CT molecular complexity index is 905. The molecular weight excluding hydrogens is 402 g/mol. The van der Waals surface area contributed by atoms with E-state index < -0.39 is 23.4 Å². The molecule has 0 aliphatic rings. The Labute approximate surface area is 180 Å². The van der Waals surface area contributed by atoms with Crippen LogP contribution in [-0.4, -0.2) is 38.6 Å². The molecular formula is C21H29N5O3S. The van der Waals surface area contributed by atoms with Crippen molar-refractivity contribution >= 4 is 34.9 Å². The van der Waals surface area contributed by atoms with Crippen LogP contribution in [0.4, 0.5) is 5.69 Å². The molecule has 0 aliphatic carbocycles. The molecule has 0 radical (unpaired) electrons. The highest BCUT2D eigenvalue weighted by atomic mass is 32.1. The van der Waals surface area contributed by atoms with Crippen LogP contribution in [0.25, 0.3) is 0 Å². The zero-order chi connectivity index (χ0) is 22.5. The van der Waals surface area contributed by atoms with Gasteiger partial charge in [0.15, 0.2) is 5.69 Å². The summed E-state index contributed by atoms with van der Waals surface area (Å²) < 4.78 is 3.93. The average molecular weight is 432 g/mol. The van der Waals surface area contributed by atoms with Crippen molar-refractivity contribution in [2.24, 2.45) is 5.73 Å². The number of primary amides is 1. The van der Waals surface area contributed by atoms with Gasteiger partial charge in [0.05, 0.1) is 5.69 Å². The number of nitrogens with zero attached hydrogens (tertiary/aromatic N) is 2. The number of anilines is 1. The van der Waals surface area contributed by atoms with Crippen LogP contribution >= 0.6 is 11.5 Å². The van der Waals surface area contributed by atoms with Gasteiger partial charge in [0.1, 0.15) is 10.9 Å². The molecule has 1 atom stereocenters. The fourth-order valence-electron chi connectivity index (χ4n) is 3.02. The SMILES string of the molecule is CCC[C@@H](C(=O)NC(C)(C)C)N(Cc1ccccc1)C(=O)c1snc(C(N)=O)c1N. The number of hydrogen-bond donors (Lipinski definition) is 3. The van der Waals surface area contributed by atoms with Gasteiger partial charge in [0.2, 0.25) is 5.91 Å². The Kier molecular flexibility index (Phi) is 7.55. The highest BCUT2D eigenvalue weighted by Gasteiger charge is 2.34. The van der Waals surface area contributed by atoms with Crippen LogP contribution in [0, 0.1) is 0 Å². The van der Waals surface area contributed by atoms with Crippen molar-refractivity contribution in [3.05, 3.63) is 46.5 Å². The van der Waals surface area contributed by atoms with E-state index in [0.29, 0.717) is 12.8 Å². The molecule has 0 saturated heterocycles. The number of carbonyl (C=O) groups is 3. The first kappa shape index (κ1) is 23.3. The minimum absolute atomic E-state index is 0.0537. The fourth-order valence-corrected chi connectivity index (χ4v) is 3.78. The first-order valence-electron chi connectivity index (χ1n) is 9.77. The second-order valence-electron chi connectivity index (χ2n) is 8.10. The molecule has 162 valence electrons. The molecule has 30 heavy (non-hydrogen) atoms. The van der Waals surface area contributed by atoms with E-state index in [4.69, 9.17) is 11.5 Å². The predicted molar refractivity (Wildman–Crippen MR) is 118 cm³/mol. The van der Waals surface area contributed by atoms with Gasteiger partial charge in [-0.05, 0) is 44.3 Å². The van der Waals surface area contributed by atoms with Gasteiger partial charge in [-0.3, -0.25) is 14.4 Å². The molecule has 0 saturated carbocycles. The first-order valence-corrected chi connectivity index (χ1v) is 10.5. The van der Waals surface area contributed by atoms with Crippen molar-refractivity contribution in [2.75, 3.05) is 5.73 Å². The Balaban J connectivity index is 2.48. The van der Waals surface area contributed by atoms with Crippen molar-refractivity contribution in [2.45, 2.75) is 58.7 Å². The molecule has 2 aromatic rings. The van der Waals surface area contributed by atoms with E-state index in [1.165, 1.54) is 4.90 Å². The van der Waals surface area contributed by atoms with Crippen LogP contribution in [-0.2, 0) is 11.3 Å². The van der Waals surface area contributed by atoms with Gasteiger partial charge in [0.25, 0.3) is 11.8 Å². The first-order chi connectivity index (χ1) is 14.0. The summed E-state index contributed by atoms with van der Waals surface area (Å²) in [5.41, 5.74) is 11.5. The topological polar surface area (TPSA) is 131 Å². The van der Waals surface area contributed by atoms with E-state index in [1.54, 1.807) is 0 Å². The molecule has 9 heteroatoms. The standard InChI is InChI=1S/C21H29N5O3S/c1-5-9-14(19(28)24-21(2,3)4)26(12-13-10-7-6-8-11-13)20(29)17-15(22)16(18(23)27)25-30-17/h6-8,10-11,14H,5,9,12,22H2,1-4H3,(H2,23,27)(H,24,28)/t14-/m0/s1. The lowest BCUT2D eigenvalue weighted by Crippen LogP contribution is -2.53. The molecule has 3 amide bonds. The zero-order valence-corrected chi connectivity index (χ0v) is 18.6. The second kappa shape index (κ2) is 9.71. The van der Waals surface area contributed by atoms with E-state index in [9.17, 15) is 14.4 Å². The van der Waals surface area contributed by atoms with Crippen molar-refractivity contribution in [3.63, 3.8) is 0 Å². The number of carbonyl (C=O) groups excluding carboxylic acids is 3. The normalized spacial score (nSPS) is 12.3. The summed E-state index contributed by atoms with van der Waals surface area (Å²) in [6.45, 7) is 7.83. The third kappa shape index (κ3) is 5.79. The minimum Gasteiger partial charge on any atom is -0.395 e. The average Bonchev–Trinajstić information content (AvgIpc) is 3.05. The minimum atomic E-state index is -0.798. The fraction of sp³-hybridized carbons (Fsp3) is 0.429. The lowest BCUT2D eigenvalue weighted by Gasteiger charge is -2.33. The Hall–Kier alpha value is -2.94. The van der Waals surface area contributed by atoms with Crippen molar-refractivity contribution in [1.29, 1.82) is 0 Å². The van der Waals surface area contributed by atoms with E-state index in [0.717, 1.165) is 17.1 Å². The largest absolute Gasteiger partial charge is 0.395 e. The monoisotopic (exact) mass is 431 g/mol. The van der Waals surface area contributed by atoms with Gasteiger partial charge in [-0.25, -0.2) is 0 Å². The number of aromatic nitrogens is 1. The second-order valence-corrected chi connectivity index (χ2v) is 8.87. The van der Waals surface area contributed by atoms with Gasteiger partial charge in [0, 0.05) is 12.1 Å². The number of amides is 3. The van der Waals surface area contributed by atoms with E-state index in [-0.39, 0.29) is 28.7 Å². The number of nitrogens with two attached hydrogens (primary N) is 2. The molecule has 0 fully saturated rings. The Morgan fingerprint density at radius 1 is 1.20 bits per heavy atom. The van der Waals surface area contributed by atoms with Crippen LogP contribution in [0.15, 0.2) is 30.3 Å². The smallest absolute Gasteiger partial charge is 0.270 e. The zero-order valence-electron chi connectivity index (χ0n) is 17.8. The number of nitrogen functional groups attached to an aromatic ring is 1. The molecule has 1 heterocycles.